The first kappa shape index (κ1) is 55.6. The molecule has 0 saturated carbocycles. The molecule has 20 aromatic rings. The molecule has 0 fully saturated rings. The van der Waals surface area contributed by atoms with Gasteiger partial charge in [0, 0.05) is 54.2 Å². The van der Waals surface area contributed by atoms with Crippen LogP contribution in [0.3, 0.4) is 0 Å². The van der Waals surface area contributed by atoms with Crippen LogP contribution in [0.5, 0.6) is 0 Å². The van der Waals surface area contributed by atoms with E-state index in [-0.39, 0.29) is 0 Å². The Labute approximate surface area is 579 Å². The first-order valence-electron chi connectivity index (χ1n) is 34.3. The number of aromatic nitrogens is 10. The Morgan fingerprint density at radius 1 is 0.178 bits per heavy atom. The maximum absolute atomic E-state index is 5.60. The summed E-state index contributed by atoms with van der Waals surface area (Å²) in [6.45, 7) is 0. The second-order valence-corrected chi connectivity index (χ2v) is 30.1. The largest absolute Gasteiger partial charge is 0.278 e. The average molecular weight is 1300 g/mol. The van der Waals surface area contributed by atoms with Gasteiger partial charge in [0.25, 0.3) is 0 Å². The van der Waals surface area contributed by atoms with Gasteiger partial charge in [-0.15, -0.1) is 0 Å². The van der Waals surface area contributed by atoms with Crippen molar-refractivity contribution >= 4 is 116 Å². The highest BCUT2D eigenvalue weighted by molar-refractivity contribution is 7.22. The van der Waals surface area contributed by atoms with Crippen molar-refractivity contribution in [3.05, 3.63) is 328 Å². The van der Waals surface area contributed by atoms with E-state index in [0.717, 1.165) is 121 Å². The summed E-state index contributed by atoms with van der Waals surface area (Å²) in [6, 6.07) is 119. The molecule has 0 unspecified atom stereocenters. The van der Waals surface area contributed by atoms with Gasteiger partial charge in [-0.25, -0.2) is 0 Å². The molecular formula is C90H54N10Si. The first-order valence-corrected chi connectivity index (χ1v) is 36.3. The van der Waals surface area contributed by atoms with Crippen LogP contribution in [0.4, 0.5) is 0 Å². The fourth-order valence-corrected chi connectivity index (χ4v) is 22.9. The van der Waals surface area contributed by atoms with E-state index < -0.39 is 8.07 Å². The van der Waals surface area contributed by atoms with Crippen LogP contribution in [-0.2, 0) is 0 Å². The molecular weight excluding hydrogens is 1250 g/mol. The van der Waals surface area contributed by atoms with Crippen molar-refractivity contribution < 1.29 is 0 Å². The molecule has 0 atom stereocenters. The quantitative estimate of drug-likeness (QED) is 0.154. The second kappa shape index (κ2) is 21.3. The lowest BCUT2D eigenvalue weighted by molar-refractivity contribution is 0.892. The van der Waals surface area contributed by atoms with Gasteiger partial charge in [0.1, 0.15) is 0 Å². The fourth-order valence-electron chi connectivity index (χ4n) is 17.3. The zero-order valence-corrected chi connectivity index (χ0v) is 55.1. The average Bonchev–Trinajstić information content (AvgIpc) is 1.57. The highest BCUT2D eigenvalue weighted by atomic mass is 28.3. The SMILES string of the molecule is c1ccc2c(c1)-c1ccc(-c3nc(-n4c5ccccc5c5ccccc54)nc(-n4c5ccccc5c5ccccc54)n3)cc1-c1ccccc1[Si]21c2ccccc2-c2ccc(-c3nc(-n4c5ccccc5c5ccccc54)nc(-n4c5ccccc5c5ccccc54)n3)cc2-c2ccccc21. The predicted molar refractivity (Wildman–Crippen MR) is 414 cm³/mol. The van der Waals surface area contributed by atoms with E-state index in [9.17, 15) is 0 Å². The second-order valence-electron chi connectivity index (χ2n) is 26.4. The molecule has 0 N–H and O–H groups in total. The standard InChI is InChI=1S/C90H54N10Si/c1-13-37-73-59(25-1)60-26-2-14-38-74(60)97(73)87-91-85(92-88(95-87)98-75-39-15-3-27-61(75)62-28-4-16-40-76(62)98)55-49-51-57-67-33-9-21-45-81(67)101(83-47-23-11-35-69(83)71(57)53-55)82-46-22-10-34-68(82)58-52-50-56(54-72(58)70-36-12-24-48-84(70)101)86-93-89(99-77-41-17-5-29-63(77)64-30-6-18-42-78(64)99)96-90(94-86)100-79-43-19-7-31-65(79)66-32-8-20-44-80(66)100/h1-54H. The van der Waals surface area contributed by atoms with Crippen LogP contribution < -0.4 is 20.7 Å². The first-order chi connectivity index (χ1) is 50.1. The van der Waals surface area contributed by atoms with Crippen molar-refractivity contribution in [3.63, 3.8) is 0 Å². The molecule has 10 nitrogen and oxygen atoms in total. The van der Waals surface area contributed by atoms with E-state index in [2.05, 4.69) is 346 Å². The Balaban J connectivity index is 0.768. The van der Waals surface area contributed by atoms with E-state index in [4.69, 9.17) is 29.9 Å². The number of rotatable bonds is 6. The van der Waals surface area contributed by atoms with Gasteiger partial charge in [-0.2, -0.15) is 29.9 Å². The topological polar surface area (TPSA) is 97.1 Å². The molecule has 2 aliphatic heterocycles. The smallest absolute Gasteiger partial charge is 0.240 e. The minimum absolute atomic E-state index is 0.536. The highest BCUT2D eigenvalue weighted by Gasteiger charge is 2.50. The van der Waals surface area contributed by atoms with Crippen LogP contribution in [0.2, 0.25) is 0 Å². The molecule has 0 radical (unpaired) electrons. The zero-order chi connectivity index (χ0) is 66.0. The third-order valence-corrected chi connectivity index (χ3v) is 26.4. The maximum Gasteiger partial charge on any atom is 0.240 e. The summed E-state index contributed by atoms with van der Waals surface area (Å²) in [5.41, 5.74) is 19.1. The third-order valence-electron chi connectivity index (χ3n) is 21.4. The van der Waals surface area contributed by atoms with Crippen molar-refractivity contribution in [2.24, 2.45) is 0 Å². The van der Waals surface area contributed by atoms with Crippen LogP contribution in [0.1, 0.15) is 0 Å². The van der Waals surface area contributed by atoms with Crippen molar-refractivity contribution in [2.75, 3.05) is 0 Å². The molecule has 11 heteroatoms. The number of para-hydroxylation sites is 8. The Morgan fingerprint density at radius 2 is 0.386 bits per heavy atom. The summed E-state index contributed by atoms with van der Waals surface area (Å²) in [7, 11) is -3.43. The monoisotopic (exact) mass is 1300 g/mol. The molecule has 22 rings (SSSR count). The molecule has 468 valence electrons. The fraction of sp³-hybridized carbons (Fsp3) is 0. The van der Waals surface area contributed by atoms with Gasteiger partial charge in [-0.3, -0.25) is 18.3 Å². The number of nitrogens with zero attached hydrogens (tertiary/aromatic N) is 10. The van der Waals surface area contributed by atoms with Crippen LogP contribution in [0.15, 0.2) is 328 Å². The third kappa shape index (κ3) is 7.85. The normalized spacial score (nSPS) is 12.8. The molecule has 8 heterocycles. The van der Waals surface area contributed by atoms with E-state index >= 15 is 0 Å². The van der Waals surface area contributed by atoms with Crippen LogP contribution in [-0.4, -0.2) is 56.2 Å². The highest BCUT2D eigenvalue weighted by Crippen LogP contribution is 2.45. The predicted octanol–water partition coefficient (Wildman–Crippen LogP) is 18.5. The van der Waals surface area contributed by atoms with E-state index in [1.165, 1.54) is 43.0 Å². The molecule has 0 bridgehead atoms. The molecule has 0 amide bonds. The lowest BCUT2D eigenvalue weighted by atomic mass is 9.92. The van der Waals surface area contributed by atoms with E-state index in [0.29, 0.717) is 35.4 Å². The Hall–Kier alpha value is -13.5. The van der Waals surface area contributed by atoms with Crippen molar-refractivity contribution in [1.29, 1.82) is 0 Å². The van der Waals surface area contributed by atoms with Crippen molar-refractivity contribution in [2.45, 2.75) is 0 Å². The molecule has 6 aromatic heterocycles. The number of hydrogen-bond donors (Lipinski definition) is 0. The van der Waals surface area contributed by atoms with Gasteiger partial charge in [-0.05, 0) is 126 Å². The minimum atomic E-state index is -3.43. The van der Waals surface area contributed by atoms with Crippen LogP contribution in [0, 0.1) is 0 Å². The van der Waals surface area contributed by atoms with E-state index in [1.54, 1.807) is 0 Å². The Bertz CT molecular complexity index is 6060. The summed E-state index contributed by atoms with van der Waals surface area (Å²) in [5.74, 6) is 3.28. The molecule has 101 heavy (non-hydrogen) atoms. The van der Waals surface area contributed by atoms with Gasteiger partial charge in [0.05, 0.1) is 44.1 Å². The molecule has 0 aliphatic carbocycles. The number of benzene rings is 14. The number of fused-ring (bicyclic) bond motifs is 26. The van der Waals surface area contributed by atoms with Gasteiger partial charge in [-0.1, -0.05) is 267 Å². The van der Waals surface area contributed by atoms with Crippen molar-refractivity contribution in [1.82, 2.24) is 48.2 Å². The molecule has 2 aliphatic rings. The van der Waals surface area contributed by atoms with Gasteiger partial charge in [0.2, 0.25) is 23.8 Å². The Morgan fingerprint density at radius 3 is 0.634 bits per heavy atom. The summed E-state index contributed by atoms with van der Waals surface area (Å²) in [5, 5.41) is 14.3. The molecule has 1 spiro atoms. The number of hydrogen-bond acceptors (Lipinski definition) is 6. The summed E-state index contributed by atoms with van der Waals surface area (Å²) in [4.78, 5) is 33.5. The van der Waals surface area contributed by atoms with E-state index in [1.807, 2.05) is 0 Å². The lowest BCUT2D eigenvalue weighted by Gasteiger charge is -2.37. The molecule has 0 saturated heterocycles. The molecule has 14 aromatic carbocycles. The summed E-state index contributed by atoms with van der Waals surface area (Å²) < 4.78 is 8.83. The van der Waals surface area contributed by atoms with Gasteiger partial charge < -0.3 is 0 Å². The van der Waals surface area contributed by atoms with Crippen LogP contribution >= 0.6 is 0 Å². The minimum Gasteiger partial charge on any atom is -0.278 e. The zero-order valence-electron chi connectivity index (χ0n) is 54.1. The van der Waals surface area contributed by atoms with Gasteiger partial charge in [0.15, 0.2) is 19.7 Å². The lowest BCUT2D eigenvalue weighted by Crippen LogP contribution is -2.75. The summed E-state index contributed by atoms with van der Waals surface area (Å²) >= 11 is 0. The Kier molecular flexibility index (Phi) is 11.7. The maximum atomic E-state index is 5.60. The van der Waals surface area contributed by atoms with Crippen LogP contribution in [0.25, 0.3) is 178 Å². The van der Waals surface area contributed by atoms with Crippen molar-refractivity contribution in [3.8, 4) is 91.1 Å². The summed E-state index contributed by atoms with van der Waals surface area (Å²) in [6.07, 6.45) is 0. The van der Waals surface area contributed by atoms with Gasteiger partial charge >= 0.3 is 0 Å².